The lowest BCUT2D eigenvalue weighted by Gasteiger charge is -2.70. The first-order valence-electron chi connectivity index (χ1n) is 15.1. The molecule has 0 spiro atoms. The molecule has 4 aliphatic carbocycles. The molecule has 0 aromatic carbocycles. The molecule has 0 bridgehead atoms. The molecule has 5 aliphatic rings. The fourth-order valence-corrected chi connectivity index (χ4v) is 11.5. The molecule has 0 aromatic rings. The van der Waals surface area contributed by atoms with Crippen LogP contribution in [0.4, 0.5) is 0 Å². The molecular formula is C32H54O4. The van der Waals surface area contributed by atoms with E-state index in [9.17, 15) is 9.90 Å². The lowest BCUT2D eigenvalue weighted by Crippen LogP contribution is -2.64. The second kappa shape index (κ2) is 8.20. The van der Waals surface area contributed by atoms with Crippen LogP contribution >= 0.6 is 0 Å². The van der Waals surface area contributed by atoms with E-state index in [0.29, 0.717) is 34.0 Å². The van der Waals surface area contributed by atoms with Crippen LogP contribution in [0.2, 0.25) is 0 Å². The third-order valence-electron chi connectivity index (χ3n) is 13.5. The second-order valence-electron chi connectivity index (χ2n) is 15.9. The molecule has 4 saturated carbocycles. The summed E-state index contributed by atoms with van der Waals surface area (Å²) in [5.41, 5.74) is 0.122. The SMILES string of the molecule is CC(=O)O[C@H]1CC[C@@]2(C)C(CC[C@]3(C)C2CCC2[C@@H]([C@@]4(C)CC[C@@H](C(C)(C)O)O4)CC[C@]23C)C1(C)C. The van der Waals surface area contributed by atoms with E-state index in [0.717, 1.165) is 25.2 Å². The van der Waals surface area contributed by atoms with Crippen molar-refractivity contribution < 1.29 is 19.4 Å². The molecule has 206 valence electrons. The number of ether oxygens (including phenoxy) is 2. The average molecular weight is 503 g/mol. The summed E-state index contributed by atoms with van der Waals surface area (Å²) in [6.45, 7) is 20.4. The van der Waals surface area contributed by atoms with Gasteiger partial charge < -0.3 is 14.6 Å². The van der Waals surface area contributed by atoms with Crippen molar-refractivity contribution in [1.29, 1.82) is 0 Å². The first-order valence-corrected chi connectivity index (χ1v) is 15.1. The molecule has 4 nitrogen and oxygen atoms in total. The van der Waals surface area contributed by atoms with Crippen LogP contribution in [-0.4, -0.2) is 34.5 Å². The lowest BCUT2D eigenvalue weighted by molar-refractivity contribution is -0.231. The quantitative estimate of drug-likeness (QED) is 0.411. The van der Waals surface area contributed by atoms with Gasteiger partial charge in [-0.15, -0.1) is 0 Å². The van der Waals surface area contributed by atoms with E-state index in [1.165, 1.54) is 44.9 Å². The maximum absolute atomic E-state index is 11.9. The van der Waals surface area contributed by atoms with Gasteiger partial charge in [-0.2, -0.15) is 0 Å². The van der Waals surface area contributed by atoms with Gasteiger partial charge in [0, 0.05) is 12.3 Å². The van der Waals surface area contributed by atoms with Crippen molar-refractivity contribution in [2.24, 2.45) is 45.3 Å². The zero-order valence-corrected chi connectivity index (χ0v) is 24.7. The molecule has 10 atom stereocenters. The predicted octanol–water partition coefficient (Wildman–Crippen LogP) is 7.31. The number of fused-ring (bicyclic) bond motifs is 5. The number of carbonyl (C=O) groups excluding carboxylic acids is 1. The maximum Gasteiger partial charge on any atom is 0.302 e. The Balaban J connectivity index is 1.42. The summed E-state index contributed by atoms with van der Waals surface area (Å²) in [6.07, 6.45) is 11.9. The molecule has 5 fully saturated rings. The summed E-state index contributed by atoms with van der Waals surface area (Å²) in [5.74, 6) is 2.49. The van der Waals surface area contributed by atoms with Crippen molar-refractivity contribution in [2.75, 3.05) is 0 Å². The van der Waals surface area contributed by atoms with Crippen LogP contribution < -0.4 is 0 Å². The van der Waals surface area contributed by atoms with E-state index in [1.54, 1.807) is 6.92 Å². The molecule has 3 unspecified atom stereocenters. The first kappa shape index (κ1) is 27.0. The summed E-state index contributed by atoms with van der Waals surface area (Å²) in [5, 5.41) is 10.7. The Kier molecular flexibility index (Phi) is 6.14. The number of aliphatic hydroxyl groups is 1. The number of esters is 1. The largest absolute Gasteiger partial charge is 0.462 e. The zero-order valence-electron chi connectivity index (χ0n) is 24.7. The van der Waals surface area contributed by atoms with Gasteiger partial charge in [0.25, 0.3) is 0 Å². The van der Waals surface area contributed by atoms with Gasteiger partial charge in [-0.05, 0) is 125 Å². The molecule has 0 amide bonds. The summed E-state index contributed by atoms with van der Waals surface area (Å²) < 4.78 is 12.6. The average Bonchev–Trinajstić information content (AvgIpc) is 3.32. The van der Waals surface area contributed by atoms with Gasteiger partial charge in [0.1, 0.15) is 6.10 Å². The minimum atomic E-state index is -0.770. The monoisotopic (exact) mass is 502 g/mol. The highest BCUT2D eigenvalue weighted by atomic mass is 16.5. The van der Waals surface area contributed by atoms with E-state index in [1.807, 2.05) is 13.8 Å². The van der Waals surface area contributed by atoms with Crippen molar-refractivity contribution in [1.82, 2.24) is 0 Å². The van der Waals surface area contributed by atoms with Crippen LogP contribution in [0.25, 0.3) is 0 Å². The van der Waals surface area contributed by atoms with Crippen LogP contribution in [-0.2, 0) is 14.3 Å². The Bertz CT molecular complexity index is 889. The van der Waals surface area contributed by atoms with Gasteiger partial charge in [0.15, 0.2) is 0 Å². The molecular weight excluding hydrogens is 448 g/mol. The fourth-order valence-electron chi connectivity index (χ4n) is 11.5. The van der Waals surface area contributed by atoms with E-state index in [-0.39, 0.29) is 29.2 Å². The van der Waals surface area contributed by atoms with Crippen LogP contribution in [0.3, 0.4) is 0 Å². The molecule has 0 aromatic heterocycles. The van der Waals surface area contributed by atoms with Crippen molar-refractivity contribution in [3.05, 3.63) is 0 Å². The Hall–Kier alpha value is -0.610. The van der Waals surface area contributed by atoms with Crippen LogP contribution in [0.15, 0.2) is 0 Å². The zero-order chi connectivity index (χ0) is 26.5. The molecule has 1 saturated heterocycles. The van der Waals surface area contributed by atoms with Crippen LogP contribution in [0.1, 0.15) is 127 Å². The summed E-state index contributed by atoms with van der Waals surface area (Å²) in [7, 11) is 0. The van der Waals surface area contributed by atoms with Crippen LogP contribution in [0, 0.1) is 45.3 Å². The summed E-state index contributed by atoms with van der Waals surface area (Å²) in [4.78, 5) is 11.9. The van der Waals surface area contributed by atoms with Crippen molar-refractivity contribution in [2.45, 2.75) is 150 Å². The van der Waals surface area contributed by atoms with E-state index in [4.69, 9.17) is 9.47 Å². The second-order valence-corrected chi connectivity index (χ2v) is 15.9. The maximum atomic E-state index is 11.9. The molecule has 36 heavy (non-hydrogen) atoms. The van der Waals surface area contributed by atoms with Gasteiger partial charge >= 0.3 is 5.97 Å². The summed E-state index contributed by atoms with van der Waals surface area (Å²) >= 11 is 0. The normalized spacial score (nSPS) is 52.3. The van der Waals surface area contributed by atoms with E-state index in [2.05, 4.69) is 41.5 Å². The Morgan fingerprint density at radius 3 is 2.08 bits per heavy atom. The van der Waals surface area contributed by atoms with Crippen LogP contribution in [0.5, 0.6) is 0 Å². The fraction of sp³-hybridized carbons (Fsp3) is 0.969. The smallest absolute Gasteiger partial charge is 0.302 e. The number of carbonyl (C=O) groups is 1. The highest BCUT2D eigenvalue weighted by molar-refractivity contribution is 5.66. The number of hydrogen-bond acceptors (Lipinski definition) is 4. The van der Waals surface area contributed by atoms with Gasteiger partial charge in [0.05, 0.1) is 17.3 Å². The molecule has 1 N–H and O–H groups in total. The van der Waals surface area contributed by atoms with Gasteiger partial charge in [-0.3, -0.25) is 4.79 Å². The molecule has 4 heteroatoms. The Labute approximate surface area is 220 Å². The minimum absolute atomic E-state index is 0.0211. The highest BCUT2D eigenvalue weighted by Crippen LogP contribution is 2.76. The molecule has 5 rings (SSSR count). The summed E-state index contributed by atoms with van der Waals surface area (Å²) in [6, 6.07) is 0. The number of rotatable bonds is 3. The molecule has 1 heterocycles. The minimum Gasteiger partial charge on any atom is -0.462 e. The standard InChI is InChI=1S/C32H54O4/c1-20(33)35-25-14-16-29(6)23(27(25,2)3)13-18-31(8)24(29)11-10-21-22(12-17-30(21,31)7)32(9)19-15-26(36-32)28(4,5)34/h21-26,34H,10-19H2,1-9H3/t21?,22-,23?,24?,25-,26-,29-,30+,31+,32+/m0/s1. The van der Waals surface area contributed by atoms with Gasteiger partial charge in [0.2, 0.25) is 0 Å². The highest BCUT2D eigenvalue weighted by Gasteiger charge is 2.70. The Morgan fingerprint density at radius 2 is 1.47 bits per heavy atom. The predicted molar refractivity (Wildman–Crippen MR) is 143 cm³/mol. The Morgan fingerprint density at radius 1 is 0.806 bits per heavy atom. The van der Waals surface area contributed by atoms with Crippen molar-refractivity contribution in [3.63, 3.8) is 0 Å². The lowest BCUT2D eigenvalue weighted by atomic mass is 9.35. The third-order valence-corrected chi connectivity index (χ3v) is 13.5. The van der Waals surface area contributed by atoms with E-state index < -0.39 is 5.60 Å². The van der Waals surface area contributed by atoms with Gasteiger partial charge in [-0.25, -0.2) is 0 Å². The topological polar surface area (TPSA) is 55.8 Å². The van der Waals surface area contributed by atoms with E-state index >= 15 is 0 Å². The van der Waals surface area contributed by atoms with Crippen molar-refractivity contribution in [3.8, 4) is 0 Å². The molecule has 1 aliphatic heterocycles. The number of hydrogen-bond donors (Lipinski definition) is 1. The third kappa shape index (κ3) is 3.62. The molecule has 0 radical (unpaired) electrons. The van der Waals surface area contributed by atoms with Crippen molar-refractivity contribution >= 4 is 5.97 Å². The first-order chi connectivity index (χ1) is 16.5. The van der Waals surface area contributed by atoms with Gasteiger partial charge in [-0.1, -0.05) is 34.6 Å².